The highest BCUT2D eigenvalue weighted by atomic mass is 35.5. The highest BCUT2D eigenvalue weighted by molar-refractivity contribution is 7.98. The summed E-state index contributed by atoms with van der Waals surface area (Å²) in [4.78, 5) is 32.2. The number of phenols is 1. The molecule has 0 unspecified atom stereocenters. The Labute approximate surface area is 170 Å². The van der Waals surface area contributed by atoms with Crippen LogP contribution in [0.1, 0.15) is 29.0 Å². The average molecular weight is 414 g/mol. The third-order valence-electron chi connectivity index (χ3n) is 4.51. The Kier molecular flexibility index (Phi) is 5.11. The number of hydrogen-bond acceptors (Lipinski definition) is 5. The Balaban J connectivity index is 1.63. The van der Waals surface area contributed by atoms with Crippen molar-refractivity contribution in [2.45, 2.75) is 23.2 Å². The van der Waals surface area contributed by atoms with Crippen LogP contribution in [0.15, 0.2) is 58.5 Å². The first-order valence-electron chi connectivity index (χ1n) is 8.60. The van der Waals surface area contributed by atoms with Gasteiger partial charge in [-0.2, -0.15) is 0 Å². The molecule has 0 fully saturated rings. The monoisotopic (exact) mass is 413 g/mol. The van der Waals surface area contributed by atoms with Gasteiger partial charge in [0.1, 0.15) is 11.6 Å². The van der Waals surface area contributed by atoms with E-state index in [9.17, 15) is 14.7 Å². The lowest BCUT2D eigenvalue weighted by atomic mass is 9.87. The molecule has 1 aromatic heterocycles. The molecule has 2 heterocycles. The zero-order chi connectivity index (χ0) is 19.7. The van der Waals surface area contributed by atoms with Gasteiger partial charge in [0.2, 0.25) is 5.91 Å². The minimum Gasteiger partial charge on any atom is -0.508 e. The van der Waals surface area contributed by atoms with E-state index in [1.807, 2.05) is 24.3 Å². The van der Waals surface area contributed by atoms with Gasteiger partial charge in [0.15, 0.2) is 5.16 Å². The first-order chi connectivity index (χ1) is 13.5. The van der Waals surface area contributed by atoms with Gasteiger partial charge in [-0.1, -0.05) is 47.6 Å². The van der Waals surface area contributed by atoms with Gasteiger partial charge in [0.25, 0.3) is 5.56 Å². The molecular weight excluding hydrogens is 398 g/mol. The van der Waals surface area contributed by atoms with Crippen LogP contribution in [0.4, 0.5) is 5.82 Å². The molecule has 3 N–H and O–H groups in total. The number of carbonyl (C=O) groups excluding carboxylic acids is 1. The molecule has 0 bridgehead atoms. The van der Waals surface area contributed by atoms with E-state index in [4.69, 9.17) is 11.6 Å². The maximum absolute atomic E-state index is 12.8. The predicted octanol–water partition coefficient (Wildman–Crippen LogP) is 3.90. The lowest BCUT2D eigenvalue weighted by Crippen LogP contribution is -2.31. The molecule has 1 amide bonds. The number of carbonyl (C=O) groups is 1. The smallest absolute Gasteiger partial charge is 0.257 e. The van der Waals surface area contributed by atoms with Gasteiger partial charge in [-0.05, 0) is 35.4 Å². The fourth-order valence-electron chi connectivity index (χ4n) is 3.14. The standard InChI is InChI=1S/C20H16ClN3O3S/c21-13-5-1-11(2-6-13)10-28-20-23-18-17(19(27)24-20)15(9-16(26)22-18)12-3-7-14(25)8-4-12/h1-8,15,25H,9-10H2,(H2,22,23,24,26,27)/t15-/m1/s1. The Bertz CT molecular complexity index is 1080. The van der Waals surface area contributed by atoms with Crippen LogP contribution in [0.3, 0.4) is 0 Å². The van der Waals surface area contributed by atoms with E-state index in [1.165, 1.54) is 11.8 Å². The Morgan fingerprint density at radius 3 is 2.54 bits per heavy atom. The van der Waals surface area contributed by atoms with E-state index in [2.05, 4.69) is 15.3 Å². The Hall–Kier alpha value is -2.77. The zero-order valence-electron chi connectivity index (χ0n) is 14.6. The lowest BCUT2D eigenvalue weighted by molar-refractivity contribution is -0.116. The summed E-state index contributed by atoms with van der Waals surface area (Å²) in [6, 6.07) is 13.9. The molecule has 0 radical (unpaired) electrons. The number of rotatable bonds is 4. The number of fused-ring (bicyclic) bond motifs is 1. The highest BCUT2D eigenvalue weighted by Crippen LogP contribution is 2.35. The second kappa shape index (κ2) is 7.69. The van der Waals surface area contributed by atoms with Crippen molar-refractivity contribution < 1.29 is 9.90 Å². The highest BCUT2D eigenvalue weighted by Gasteiger charge is 2.30. The molecule has 0 spiro atoms. The molecule has 0 saturated carbocycles. The number of aromatic hydroxyl groups is 1. The quantitative estimate of drug-likeness (QED) is 0.445. The van der Waals surface area contributed by atoms with Gasteiger partial charge in [0, 0.05) is 23.1 Å². The number of thioether (sulfide) groups is 1. The molecule has 1 aliphatic heterocycles. The Morgan fingerprint density at radius 2 is 1.82 bits per heavy atom. The Morgan fingerprint density at radius 1 is 1.11 bits per heavy atom. The van der Waals surface area contributed by atoms with Gasteiger partial charge in [0.05, 0.1) is 5.56 Å². The van der Waals surface area contributed by atoms with Crippen LogP contribution in [-0.2, 0) is 10.5 Å². The summed E-state index contributed by atoms with van der Waals surface area (Å²) in [5.41, 5.74) is 1.98. The zero-order valence-corrected chi connectivity index (χ0v) is 16.2. The fourth-order valence-corrected chi connectivity index (χ4v) is 4.09. The van der Waals surface area contributed by atoms with Crippen molar-refractivity contribution in [2.75, 3.05) is 5.32 Å². The summed E-state index contributed by atoms with van der Waals surface area (Å²) in [6.45, 7) is 0. The molecule has 4 rings (SSSR count). The summed E-state index contributed by atoms with van der Waals surface area (Å²) >= 11 is 7.27. The topological polar surface area (TPSA) is 95.1 Å². The number of aromatic amines is 1. The fraction of sp³-hybridized carbons (Fsp3) is 0.150. The summed E-state index contributed by atoms with van der Waals surface area (Å²) in [5, 5.41) is 13.3. The van der Waals surface area contributed by atoms with Gasteiger partial charge in [-0.3, -0.25) is 9.59 Å². The summed E-state index contributed by atoms with van der Waals surface area (Å²) in [6.07, 6.45) is 0.153. The van der Waals surface area contributed by atoms with Crippen LogP contribution in [0.2, 0.25) is 5.02 Å². The summed E-state index contributed by atoms with van der Waals surface area (Å²) in [5.74, 6) is 0.420. The molecule has 1 aliphatic rings. The van der Waals surface area contributed by atoms with Gasteiger partial charge >= 0.3 is 0 Å². The number of nitrogens with one attached hydrogen (secondary N) is 2. The molecule has 28 heavy (non-hydrogen) atoms. The SMILES string of the molecule is O=C1C[C@H](c2ccc(O)cc2)c2c(nc(SCc3ccc(Cl)cc3)[nH]c2=O)N1. The number of phenolic OH excluding ortho intramolecular Hbond substituents is 1. The molecule has 142 valence electrons. The number of benzene rings is 2. The van der Waals surface area contributed by atoms with Crippen molar-refractivity contribution in [3.63, 3.8) is 0 Å². The molecule has 6 nitrogen and oxygen atoms in total. The van der Waals surface area contributed by atoms with Gasteiger partial charge in [-0.25, -0.2) is 4.98 Å². The number of nitrogens with zero attached hydrogens (tertiary/aromatic N) is 1. The van der Waals surface area contributed by atoms with Crippen LogP contribution in [0.25, 0.3) is 0 Å². The molecule has 0 saturated heterocycles. The second-order valence-corrected chi connectivity index (χ2v) is 7.85. The number of amides is 1. The number of hydrogen-bond donors (Lipinski definition) is 3. The van der Waals surface area contributed by atoms with Crippen LogP contribution in [0, 0.1) is 0 Å². The van der Waals surface area contributed by atoms with E-state index in [1.54, 1.807) is 24.3 Å². The minimum atomic E-state index is -0.407. The molecule has 1 atom stereocenters. The summed E-state index contributed by atoms with van der Waals surface area (Å²) in [7, 11) is 0. The van der Waals surface area contributed by atoms with Crippen molar-refractivity contribution in [3.05, 3.63) is 80.6 Å². The molecule has 3 aromatic rings. The third kappa shape index (κ3) is 3.90. The van der Waals surface area contributed by atoms with Crippen molar-refractivity contribution >= 4 is 35.1 Å². The minimum absolute atomic E-state index is 0.130. The van der Waals surface area contributed by atoms with E-state index in [0.717, 1.165) is 11.1 Å². The first kappa shape index (κ1) is 18.6. The second-order valence-electron chi connectivity index (χ2n) is 6.44. The normalized spacial score (nSPS) is 15.8. The van der Waals surface area contributed by atoms with Crippen LogP contribution in [0.5, 0.6) is 5.75 Å². The largest absolute Gasteiger partial charge is 0.508 e. The predicted molar refractivity (Wildman–Crippen MR) is 109 cm³/mol. The number of aromatic nitrogens is 2. The molecule has 0 aliphatic carbocycles. The first-order valence-corrected chi connectivity index (χ1v) is 9.96. The van der Waals surface area contributed by atoms with Crippen LogP contribution < -0.4 is 10.9 Å². The number of H-pyrrole nitrogens is 1. The van der Waals surface area contributed by atoms with Crippen LogP contribution >= 0.6 is 23.4 Å². The number of halogens is 1. The molecule has 2 aromatic carbocycles. The van der Waals surface area contributed by atoms with E-state index in [0.29, 0.717) is 21.5 Å². The van der Waals surface area contributed by atoms with Crippen molar-refractivity contribution in [2.24, 2.45) is 0 Å². The lowest BCUT2D eigenvalue weighted by Gasteiger charge is -2.24. The van der Waals surface area contributed by atoms with Crippen molar-refractivity contribution in [1.82, 2.24) is 9.97 Å². The van der Waals surface area contributed by atoms with Gasteiger partial charge < -0.3 is 15.4 Å². The summed E-state index contributed by atoms with van der Waals surface area (Å²) < 4.78 is 0. The van der Waals surface area contributed by atoms with E-state index in [-0.39, 0.29) is 29.5 Å². The third-order valence-corrected chi connectivity index (χ3v) is 5.71. The maximum atomic E-state index is 12.8. The van der Waals surface area contributed by atoms with Crippen molar-refractivity contribution in [3.8, 4) is 5.75 Å². The van der Waals surface area contributed by atoms with E-state index < -0.39 is 5.92 Å². The average Bonchev–Trinajstić information content (AvgIpc) is 2.67. The van der Waals surface area contributed by atoms with Gasteiger partial charge in [-0.15, -0.1) is 0 Å². The number of anilines is 1. The molecular formula is C20H16ClN3O3S. The molecule has 8 heteroatoms. The maximum Gasteiger partial charge on any atom is 0.257 e. The van der Waals surface area contributed by atoms with Crippen LogP contribution in [-0.4, -0.2) is 21.0 Å². The van der Waals surface area contributed by atoms with Crippen molar-refractivity contribution in [1.29, 1.82) is 0 Å². The van der Waals surface area contributed by atoms with E-state index >= 15 is 0 Å².